The van der Waals surface area contributed by atoms with Crippen molar-refractivity contribution in [1.82, 2.24) is 0 Å². The van der Waals surface area contributed by atoms with Crippen molar-refractivity contribution in [3.05, 3.63) is 33.4 Å². The van der Waals surface area contributed by atoms with Gasteiger partial charge in [0.15, 0.2) is 0 Å². The molecule has 0 radical (unpaired) electrons. The van der Waals surface area contributed by atoms with Gasteiger partial charge in [0, 0.05) is 9.99 Å². The Labute approximate surface area is 105 Å². The topological polar surface area (TPSA) is 17.1 Å². The molecule has 0 spiro atoms. The number of Topliss-reactive ketones (excluding diaryl/α,β-unsaturated/α-hetero) is 1. The van der Waals surface area contributed by atoms with Crippen LogP contribution in [0, 0.1) is 8.99 Å². The molecule has 0 unspecified atom stereocenters. The van der Waals surface area contributed by atoms with Crippen LogP contribution in [0.5, 0.6) is 0 Å². The van der Waals surface area contributed by atoms with Crippen LogP contribution in [0.15, 0.2) is 24.3 Å². The average Bonchev–Trinajstić information content (AvgIpc) is 2.06. The van der Waals surface area contributed by atoms with Crippen molar-refractivity contribution in [2.75, 3.05) is 0 Å². The largest absolute Gasteiger partial charge is 0.300 e. The molecule has 2 heteroatoms. The quantitative estimate of drug-likeness (QED) is 0.772. The molecule has 0 amide bonds. The average molecular weight is 316 g/mol. The summed E-state index contributed by atoms with van der Waals surface area (Å²) in [6, 6.07) is 8.51. The standard InChI is InChI=1S/C13H17IO/c1-10(15)8-13(2,3)9-11-4-6-12(14)7-5-11/h4-7H,8-9H2,1-3H3. The molecule has 0 aliphatic rings. The lowest BCUT2D eigenvalue weighted by molar-refractivity contribution is -0.118. The maximum absolute atomic E-state index is 11.1. The van der Waals surface area contributed by atoms with Crippen LogP contribution in [0.4, 0.5) is 0 Å². The molecular formula is C13H17IO. The van der Waals surface area contributed by atoms with Gasteiger partial charge < -0.3 is 4.79 Å². The first-order chi connectivity index (χ1) is 6.89. The van der Waals surface area contributed by atoms with E-state index < -0.39 is 0 Å². The van der Waals surface area contributed by atoms with Crippen LogP contribution in [0.3, 0.4) is 0 Å². The van der Waals surface area contributed by atoms with E-state index in [1.807, 2.05) is 0 Å². The van der Waals surface area contributed by atoms with E-state index in [1.165, 1.54) is 9.13 Å². The van der Waals surface area contributed by atoms with Crippen LogP contribution in [0.25, 0.3) is 0 Å². The Kier molecular flexibility index (Phi) is 4.32. The fourth-order valence-corrected chi connectivity index (χ4v) is 2.25. The van der Waals surface area contributed by atoms with Crippen molar-refractivity contribution in [1.29, 1.82) is 0 Å². The summed E-state index contributed by atoms with van der Waals surface area (Å²) < 4.78 is 1.25. The maximum Gasteiger partial charge on any atom is 0.130 e. The number of carbonyl (C=O) groups excluding carboxylic acids is 1. The van der Waals surface area contributed by atoms with Crippen LogP contribution in [0.2, 0.25) is 0 Å². The molecule has 0 N–H and O–H groups in total. The van der Waals surface area contributed by atoms with Crippen LogP contribution in [-0.2, 0) is 11.2 Å². The molecule has 0 fully saturated rings. The second-order valence-corrected chi connectivity index (χ2v) is 6.09. The highest BCUT2D eigenvalue weighted by atomic mass is 127. The molecule has 1 aromatic rings. The minimum Gasteiger partial charge on any atom is -0.300 e. The van der Waals surface area contributed by atoms with Crippen molar-refractivity contribution >= 4 is 28.4 Å². The minimum absolute atomic E-state index is 0.0681. The first-order valence-electron chi connectivity index (χ1n) is 5.13. The van der Waals surface area contributed by atoms with Gasteiger partial charge in [-0.05, 0) is 59.0 Å². The van der Waals surface area contributed by atoms with Gasteiger partial charge in [-0.3, -0.25) is 0 Å². The number of carbonyl (C=O) groups is 1. The first kappa shape index (κ1) is 12.7. The van der Waals surface area contributed by atoms with Gasteiger partial charge in [-0.25, -0.2) is 0 Å². The predicted octanol–water partition coefficient (Wildman–Crippen LogP) is 3.84. The van der Waals surface area contributed by atoms with Crippen molar-refractivity contribution in [2.24, 2.45) is 5.41 Å². The highest BCUT2D eigenvalue weighted by Gasteiger charge is 2.20. The van der Waals surface area contributed by atoms with Crippen LogP contribution in [0.1, 0.15) is 32.8 Å². The summed E-state index contributed by atoms with van der Waals surface area (Å²) in [4.78, 5) is 11.1. The molecule has 1 aromatic carbocycles. The highest BCUT2D eigenvalue weighted by molar-refractivity contribution is 14.1. The van der Waals surface area contributed by atoms with Gasteiger partial charge in [0.1, 0.15) is 5.78 Å². The Morgan fingerprint density at radius 1 is 1.27 bits per heavy atom. The molecule has 0 aliphatic heterocycles. The lowest BCUT2D eigenvalue weighted by Gasteiger charge is -2.23. The molecular weight excluding hydrogens is 299 g/mol. The monoisotopic (exact) mass is 316 g/mol. The van der Waals surface area contributed by atoms with Crippen molar-refractivity contribution in [3.8, 4) is 0 Å². The number of benzene rings is 1. The molecule has 0 aromatic heterocycles. The lowest BCUT2D eigenvalue weighted by Crippen LogP contribution is -2.18. The number of hydrogen-bond donors (Lipinski definition) is 0. The van der Waals surface area contributed by atoms with E-state index in [1.54, 1.807) is 6.92 Å². The van der Waals surface area contributed by atoms with Crippen LogP contribution < -0.4 is 0 Å². The van der Waals surface area contributed by atoms with E-state index in [-0.39, 0.29) is 11.2 Å². The lowest BCUT2D eigenvalue weighted by atomic mass is 9.81. The summed E-state index contributed by atoms with van der Waals surface area (Å²) >= 11 is 2.30. The zero-order valence-electron chi connectivity index (χ0n) is 9.51. The van der Waals surface area contributed by atoms with Gasteiger partial charge in [0.25, 0.3) is 0 Å². The third-order valence-electron chi connectivity index (χ3n) is 2.32. The van der Waals surface area contributed by atoms with Crippen LogP contribution in [-0.4, -0.2) is 5.78 Å². The molecule has 0 aliphatic carbocycles. The second kappa shape index (κ2) is 5.10. The van der Waals surface area contributed by atoms with Gasteiger partial charge in [0.05, 0.1) is 0 Å². The van der Waals surface area contributed by atoms with E-state index in [0.717, 1.165) is 6.42 Å². The van der Waals surface area contributed by atoms with Crippen molar-refractivity contribution < 1.29 is 4.79 Å². The summed E-state index contributed by atoms with van der Waals surface area (Å²) in [5.41, 5.74) is 1.38. The van der Waals surface area contributed by atoms with Gasteiger partial charge in [-0.2, -0.15) is 0 Å². The first-order valence-corrected chi connectivity index (χ1v) is 6.21. The summed E-state index contributed by atoms with van der Waals surface area (Å²) in [5, 5.41) is 0. The van der Waals surface area contributed by atoms with E-state index in [4.69, 9.17) is 0 Å². The van der Waals surface area contributed by atoms with Crippen molar-refractivity contribution in [3.63, 3.8) is 0 Å². The van der Waals surface area contributed by atoms with Gasteiger partial charge in [0.2, 0.25) is 0 Å². The molecule has 0 heterocycles. The zero-order valence-corrected chi connectivity index (χ0v) is 11.7. The van der Waals surface area contributed by atoms with Gasteiger partial charge >= 0.3 is 0 Å². The third kappa shape index (κ3) is 4.78. The number of halogens is 1. The van der Waals surface area contributed by atoms with E-state index in [2.05, 4.69) is 60.7 Å². The molecule has 0 bridgehead atoms. The third-order valence-corrected chi connectivity index (χ3v) is 3.04. The minimum atomic E-state index is 0.0681. The Hall–Kier alpha value is -0.380. The normalized spacial score (nSPS) is 11.5. The van der Waals surface area contributed by atoms with E-state index in [0.29, 0.717) is 6.42 Å². The zero-order chi connectivity index (χ0) is 11.5. The fraction of sp³-hybridized carbons (Fsp3) is 0.462. The number of ketones is 1. The van der Waals surface area contributed by atoms with Crippen LogP contribution >= 0.6 is 22.6 Å². The Morgan fingerprint density at radius 3 is 2.27 bits per heavy atom. The smallest absolute Gasteiger partial charge is 0.130 e. The van der Waals surface area contributed by atoms with Crippen molar-refractivity contribution in [2.45, 2.75) is 33.6 Å². The summed E-state index contributed by atoms with van der Waals surface area (Å²) in [5.74, 6) is 0.269. The summed E-state index contributed by atoms with van der Waals surface area (Å²) in [6.07, 6.45) is 1.61. The molecule has 82 valence electrons. The number of rotatable bonds is 4. The predicted molar refractivity (Wildman–Crippen MR) is 71.9 cm³/mol. The molecule has 0 saturated carbocycles. The second-order valence-electron chi connectivity index (χ2n) is 4.85. The van der Waals surface area contributed by atoms with E-state index >= 15 is 0 Å². The van der Waals surface area contributed by atoms with Gasteiger partial charge in [-0.15, -0.1) is 0 Å². The maximum atomic E-state index is 11.1. The molecule has 0 saturated heterocycles. The highest BCUT2D eigenvalue weighted by Crippen LogP contribution is 2.26. The molecule has 1 rings (SSSR count). The molecule has 15 heavy (non-hydrogen) atoms. The van der Waals surface area contributed by atoms with Gasteiger partial charge in [-0.1, -0.05) is 26.0 Å². The van der Waals surface area contributed by atoms with E-state index in [9.17, 15) is 4.79 Å². The number of hydrogen-bond acceptors (Lipinski definition) is 1. The summed E-state index contributed by atoms with van der Waals surface area (Å²) in [6.45, 7) is 5.95. The Bertz CT molecular complexity index is 338. The summed E-state index contributed by atoms with van der Waals surface area (Å²) in [7, 11) is 0. The SMILES string of the molecule is CC(=O)CC(C)(C)Cc1ccc(I)cc1. The Balaban J connectivity index is 2.68. The fourth-order valence-electron chi connectivity index (χ4n) is 1.89. The Morgan fingerprint density at radius 2 is 1.80 bits per heavy atom. The molecule has 1 nitrogen and oxygen atoms in total. The molecule has 0 atom stereocenters.